The lowest BCUT2D eigenvalue weighted by atomic mass is 10.1. The minimum Gasteiger partial charge on any atom is -0.475 e. The van der Waals surface area contributed by atoms with E-state index >= 15 is 0 Å². The van der Waals surface area contributed by atoms with Gasteiger partial charge in [-0.15, -0.1) is 0 Å². The van der Waals surface area contributed by atoms with Gasteiger partial charge in [0.25, 0.3) is 0 Å². The van der Waals surface area contributed by atoms with Crippen LogP contribution in [0.4, 0.5) is 0 Å². The highest BCUT2D eigenvalue weighted by molar-refractivity contribution is 7.97. The van der Waals surface area contributed by atoms with Crippen LogP contribution in [0.5, 0.6) is 0 Å². The van der Waals surface area contributed by atoms with E-state index in [4.69, 9.17) is 9.52 Å². The van der Waals surface area contributed by atoms with Crippen LogP contribution in [0, 0.1) is 0 Å². The number of carbonyl (C=O) groups is 1. The van der Waals surface area contributed by atoms with Crippen LogP contribution >= 0.6 is 11.8 Å². The summed E-state index contributed by atoms with van der Waals surface area (Å²) < 4.78 is 5.30. The molecule has 4 heteroatoms. The summed E-state index contributed by atoms with van der Waals surface area (Å²) in [5, 5.41) is 9.88. The lowest BCUT2D eigenvalue weighted by molar-refractivity contribution is 0.0664. The molecule has 0 saturated carbocycles. The van der Waals surface area contributed by atoms with Crippen molar-refractivity contribution >= 4 is 28.7 Å². The molecule has 1 aromatic heterocycles. The minimum atomic E-state index is -1.00. The molecule has 1 aromatic carbocycles. The van der Waals surface area contributed by atoms with Gasteiger partial charge in [0.1, 0.15) is 5.58 Å². The first-order valence-electron chi connectivity index (χ1n) is 4.46. The molecule has 0 unspecified atom stereocenters. The van der Waals surface area contributed by atoms with Crippen LogP contribution < -0.4 is 0 Å². The Labute approximate surface area is 91.1 Å². The molecule has 1 heterocycles. The molecule has 15 heavy (non-hydrogen) atoms. The highest BCUT2D eigenvalue weighted by Gasteiger charge is 2.18. The quantitative estimate of drug-likeness (QED) is 0.867. The van der Waals surface area contributed by atoms with Gasteiger partial charge in [0.2, 0.25) is 5.76 Å². The number of benzene rings is 1. The first kappa shape index (κ1) is 10.1. The normalized spacial score (nSPS) is 10.7. The van der Waals surface area contributed by atoms with Crippen molar-refractivity contribution in [3.63, 3.8) is 0 Å². The number of hydrogen-bond acceptors (Lipinski definition) is 3. The third-order valence-corrected chi connectivity index (χ3v) is 2.76. The molecule has 0 bridgehead atoms. The predicted molar refractivity (Wildman–Crippen MR) is 60.4 cm³/mol. The molecule has 2 rings (SSSR count). The fourth-order valence-corrected chi connectivity index (χ4v) is 2.13. The molecule has 0 saturated heterocycles. The second-order valence-electron chi connectivity index (χ2n) is 3.14. The Morgan fingerprint density at radius 2 is 2.20 bits per heavy atom. The number of aromatic carboxylic acids is 1. The van der Waals surface area contributed by atoms with Crippen LogP contribution in [0.25, 0.3) is 11.0 Å². The fraction of sp³-hybridized carbons (Fsp3) is 0.182. The standard InChI is InChI=1S/C11H10O3S/c1-15-6-8-7-4-2-3-5-9(7)14-10(8)11(12)13/h2-5H,6H2,1H3,(H,12,13). The Hall–Kier alpha value is -1.42. The summed E-state index contributed by atoms with van der Waals surface area (Å²) in [7, 11) is 0. The van der Waals surface area contributed by atoms with Gasteiger partial charge in [0.05, 0.1) is 0 Å². The maximum absolute atomic E-state index is 11.0. The number of hydrogen-bond donors (Lipinski definition) is 1. The van der Waals surface area contributed by atoms with Gasteiger partial charge < -0.3 is 9.52 Å². The highest BCUT2D eigenvalue weighted by Crippen LogP contribution is 2.28. The fourth-order valence-electron chi connectivity index (χ4n) is 1.56. The third kappa shape index (κ3) is 1.72. The van der Waals surface area contributed by atoms with E-state index in [0.29, 0.717) is 11.3 Å². The van der Waals surface area contributed by atoms with E-state index in [0.717, 1.165) is 10.9 Å². The zero-order chi connectivity index (χ0) is 10.8. The lowest BCUT2D eigenvalue weighted by Crippen LogP contribution is -1.97. The van der Waals surface area contributed by atoms with Crippen molar-refractivity contribution in [3.05, 3.63) is 35.6 Å². The molecule has 0 radical (unpaired) electrons. The van der Waals surface area contributed by atoms with Gasteiger partial charge in [-0.25, -0.2) is 4.79 Å². The molecular formula is C11H10O3S. The Balaban J connectivity index is 2.68. The largest absolute Gasteiger partial charge is 0.475 e. The van der Waals surface area contributed by atoms with Crippen molar-refractivity contribution in [2.45, 2.75) is 5.75 Å². The van der Waals surface area contributed by atoms with Gasteiger partial charge in [-0.1, -0.05) is 18.2 Å². The van der Waals surface area contributed by atoms with Crippen molar-refractivity contribution < 1.29 is 14.3 Å². The van der Waals surface area contributed by atoms with E-state index in [-0.39, 0.29) is 5.76 Å². The molecular weight excluding hydrogens is 212 g/mol. The number of thioether (sulfide) groups is 1. The zero-order valence-electron chi connectivity index (χ0n) is 8.19. The van der Waals surface area contributed by atoms with Gasteiger partial charge in [0, 0.05) is 16.7 Å². The monoisotopic (exact) mass is 222 g/mol. The molecule has 0 fully saturated rings. The SMILES string of the molecule is CSCc1c(C(=O)O)oc2ccccc12. The smallest absolute Gasteiger partial charge is 0.372 e. The third-order valence-electron chi connectivity index (χ3n) is 2.18. The maximum atomic E-state index is 11.0. The number of carboxylic acids is 1. The maximum Gasteiger partial charge on any atom is 0.372 e. The molecule has 0 atom stereocenters. The number of fused-ring (bicyclic) bond motifs is 1. The molecule has 1 N–H and O–H groups in total. The minimum absolute atomic E-state index is 0.0607. The zero-order valence-corrected chi connectivity index (χ0v) is 9.00. The van der Waals surface area contributed by atoms with E-state index < -0.39 is 5.97 Å². The molecule has 2 aromatic rings. The Kier molecular flexibility index (Phi) is 2.68. The average Bonchev–Trinajstić information content (AvgIpc) is 2.58. The van der Waals surface area contributed by atoms with E-state index in [1.54, 1.807) is 17.8 Å². The van der Waals surface area contributed by atoms with Crippen molar-refractivity contribution in [2.75, 3.05) is 6.26 Å². The molecule has 78 valence electrons. The van der Waals surface area contributed by atoms with Crippen LogP contribution in [0.3, 0.4) is 0 Å². The summed E-state index contributed by atoms with van der Waals surface area (Å²) in [6.07, 6.45) is 1.94. The van der Waals surface area contributed by atoms with Gasteiger partial charge >= 0.3 is 5.97 Å². The second-order valence-corrected chi connectivity index (χ2v) is 4.01. The summed E-state index contributed by atoms with van der Waals surface area (Å²) in [5.74, 6) is -0.292. The molecule has 0 aliphatic rings. The van der Waals surface area contributed by atoms with Crippen molar-refractivity contribution in [3.8, 4) is 0 Å². The molecule has 0 spiro atoms. The summed E-state index contributed by atoms with van der Waals surface area (Å²) in [4.78, 5) is 11.0. The molecule has 0 aliphatic heterocycles. The summed E-state index contributed by atoms with van der Waals surface area (Å²) in [6, 6.07) is 7.38. The van der Waals surface area contributed by atoms with Gasteiger partial charge in [0.15, 0.2) is 0 Å². The first-order chi connectivity index (χ1) is 7.24. The van der Waals surface area contributed by atoms with Crippen LogP contribution in [0.2, 0.25) is 0 Å². The second kappa shape index (κ2) is 3.98. The van der Waals surface area contributed by atoms with E-state index in [2.05, 4.69) is 0 Å². The van der Waals surface area contributed by atoms with Crippen LogP contribution in [0.15, 0.2) is 28.7 Å². The number of rotatable bonds is 3. The Morgan fingerprint density at radius 3 is 2.87 bits per heavy atom. The van der Waals surface area contributed by atoms with Crippen LogP contribution in [-0.2, 0) is 5.75 Å². The van der Waals surface area contributed by atoms with Crippen LogP contribution in [-0.4, -0.2) is 17.3 Å². The van der Waals surface area contributed by atoms with Crippen molar-refractivity contribution in [1.29, 1.82) is 0 Å². The van der Waals surface area contributed by atoms with Gasteiger partial charge in [-0.05, 0) is 12.3 Å². The van der Waals surface area contributed by atoms with Crippen molar-refractivity contribution in [2.24, 2.45) is 0 Å². The summed E-state index contributed by atoms with van der Waals surface area (Å²) in [5.41, 5.74) is 1.41. The van der Waals surface area contributed by atoms with Crippen molar-refractivity contribution in [1.82, 2.24) is 0 Å². The van der Waals surface area contributed by atoms with E-state index in [1.807, 2.05) is 24.5 Å². The van der Waals surface area contributed by atoms with Crippen LogP contribution in [0.1, 0.15) is 16.1 Å². The predicted octanol–water partition coefficient (Wildman–Crippen LogP) is 2.99. The Morgan fingerprint density at radius 1 is 1.47 bits per heavy atom. The molecule has 0 aliphatic carbocycles. The Bertz CT molecular complexity index is 502. The first-order valence-corrected chi connectivity index (χ1v) is 5.86. The van der Waals surface area contributed by atoms with E-state index in [1.165, 1.54) is 0 Å². The molecule has 0 amide bonds. The number of para-hydroxylation sites is 1. The van der Waals surface area contributed by atoms with Gasteiger partial charge in [-0.2, -0.15) is 11.8 Å². The molecule has 3 nitrogen and oxygen atoms in total. The van der Waals surface area contributed by atoms with Gasteiger partial charge in [-0.3, -0.25) is 0 Å². The lowest BCUT2D eigenvalue weighted by Gasteiger charge is -1.95. The number of carboxylic acid groups (broad SMARTS) is 1. The van der Waals surface area contributed by atoms with E-state index in [9.17, 15) is 4.79 Å². The summed E-state index contributed by atoms with van der Waals surface area (Å²) >= 11 is 1.58. The summed E-state index contributed by atoms with van der Waals surface area (Å²) in [6.45, 7) is 0. The topological polar surface area (TPSA) is 50.4 Å². The number of furan rings is 1. The highest BCUT2D eigenvalue weighted by atomic mass is 32.2. The average molecular weight is 222 g/mol.